The number of unbranched alkanes of at least 4 members (excludes halogenated alkanes) is 8. The molecule has 46 heavy (non-hydrogen) atoms. The van der Waals surface area contributed by atoms with Crippen molar-refractivity contribution in [1.29, 1.82) is 0 Å². The number of nitrogens with one attached hydrogen (secondary N) is 2. The Balaban J connectivity index is 1.45. The minimum atomic E-state index is -0.829. The number of carboxylic acids is 1. The van der Waals surface area contributed by atoms with Crippen LogP contribution >= 0.6 is 11.3 Å². The number of aliphatic carboxylic acids is 1. The lowest BCUT2D eigenvalue weighted by molar-refractivity contribution is -0.144. The van der Waals surface area contributed by atoms with Crippen LogP contribution in [0.2, 0.25) is 0 Å². The van der Waals surface area contributed by atoms with Gasteiger partial charge in [-0.05, 0) is 36.3 Å². The van der Waals surface area contributed by atoms with Gasteiger partial charge in [-0.15, -0.1) is 11.3 Å². The number of aliphatic hydroxyl groups is 1. The van der Waals surface area contributed by atoms with E-state index in [0.29, 0.717) is 13.0 Å². The smallest absolute Gasteiger partial charge is 0.303 e. The molecule has 1 fully saturated rings. The van der Waals surface area contributed by atoms with E-state index in [4.69, 9.17) is 5.11 Å². The van der Waals surface area contributed by atoms with Crippen molar-refractivity contribution in [3.05, 3.63) is 41.0 Å². The standard InChI is InChI=1S/C35H52N4O6S/c1-24-31(46-23-37-24)26-18-16-25(17-19-26)21-36-33(44)28-20-27(40)22-39(28)34(45)32(35(2,3)4)38-29(41)14-12-10-8-6-5-7-9-11-13-15-30(42)43/h16-19,23,27-28,32,40H,5-15,20-22H2,1-4H3,(H,36,44)(H,38,41)(H,42,43). The number of carbonyl (C=O) groups excluding carboxylic acids is 3. The second-order valence-corrected chi connectivity index (χ2v) is 14.4. The van der Waals surface area contributed by atoms with Gasteiger partial charge in [-0.25, -0.2) is 4.98 Å². The summed E-state index contributed by atoms with van der Waals surface area (Å²) < 4.78 is 0. The van der Waals surface area contributed by atoms with E-state index in [1.165, 1.54) is 4.90 Å². The van der Waals surface area contributed by atoms with Gasteiger partial charge in [0.2, 0.25) is 17.7 Å². The molecule has 3 unspecified atom stereocenters. The maximum absolute atomic E-state index is 13.8. The quantitative estimate of drug-likeness (QED) is 0.153. The van der Waals surface area contributed by atoms with Gasteiger partial charge in [-0.1, -0.05) is 90.0 Å². The Hall–Kier alpha value is -3.31. The van der Waals surface area contributed by atoms with Crippen LogP contribution in [0, 0.1) is 12.3 Å². The fourth-order valence-electron chi connectivity index (χ4n) is 5.81. The van der Waals surface area contributed by atoms with Gasteiger partial charge < -0.3 is 25.7 Å². The summed E-state index contributed by atoms with van der Waals surface area (Å²) in [6.07, 6.45) is 8.61. The van der Waals surface area contributed by atoms with Crippen LogP contribution in [0.15, 0.2) is 29.8 Å². The molecule has 3 rings (SSSR count). The molecule has 1 saturated heterocycles. The molecule has 1 aromatic carbocycles. The highest BCUT2D eigenvalue weighted by atomic mass is 32.1. The normalized spacial score (nSPS) is 17.1. The number of thiazole rings is 1. The number of carbonyl (C=O) groups is 4. The van der Waals surface area contributed by atoms with Gasteiger partial charge in [0, 0.05) is 32.4 Å². The van der Waals surface area contributed by atoms with Crippen molar-refractivity contribution in [1.82, 2.24) is 20.5 Å². The van der Waals surface area contributed by atoms with E-state index in [1.807, 2.05) is 57.5 Å². The number of aliphatic hydroxyl groups excluding tert-OH is 1. The monoisotopic (exact) mass is 656 g/mol. The Kier molecular flexibility index (Phi) is 14.6. The van der Waals surface area contributed by atoms with Gasteiger partial charge in [0.15, 0.2) is 0 Å². The molecule has 1 aliphatic rings. The summed E-state index contributed by atoms with van der Waals surface area (Å²) in [6.45, 7) is 7.97. The molecule has 4 N–H and O–H groups in total. The van der Waals surface area contributed by atoms with Gasteiger partial charge in [0.25, 0.3) is 0 Å². The summed E-state index contributed by atoms with van der Waals surface area (Å²) in [5.74, 6) is -1.61. The second kappa shape index (κ2) is 18.1. The number of β-amino-alcohol motifs (C(OH)–C–C–N with tert-alkyl or cyclic N) is 1. The maximum atomic E-state index is 13.8. The third-order valence-corrected chi connectivity index (χ3v) is 9.48. The van der Waals surface area contributed by atoms with Crippen molar-refractivity contribution in [2.75, 3.05) is 6.54 Å². The number of likely N-dealkylation sites (tertiary alicyclic amines) is 1. The molecule has 2 heterocycles. The summed E-state index contributed by atoms with van der Waals surface area (Å²) in [7, 11) is 0. The Morgan fingerprint density at radius 1 is 0.957 bits per heavy atom. The largest absolute Gasteiger partial charge is 0.481 e. The zero-order valence-corrected chi connectivity index (χ0v) is 28.7. The third-order valence-electron chi connectivity index (χ3n) is 8.51. The van der Waals surface area contributed by atoms with E-state index in [1.54, 1.807) is 11.3 Å². The van der Waals surface area contributed by atoms with Crippen LogP contribution in [-0.2, 0) is 25.7 Å². The molecule has 254 valence electrons. The first-order valence-electron chi connectivity index (χ1n) is 16.6. The first-order valence-corrected chi connectivity index (χ1v) is 17.5. The molecular formula is C35H52N4O6S. The van der Waals surface area contributed by atoms with Crippen molar-refractivity contribution >= 4 is 35.0 Å². The van der Waals surface area contributed by atoms with Crippen LogP contribution in [0.5, 0.6) is 0 Å². The zero-order valence-electron chi connectivity index (χ0n) is 27.8. The number of aryl methyl sites for hydroxylation is 1. The van der Waals surface area contributed by atoms with Crippen LogP contribution in [0.25, 0.3) is 10.4 Å². The van der Waals surface area contributed by atoms with Crippen molar-refractivity contribution in [2.24, 2.45) is 5.41 Å². The van der Waals surface area contributed by atoms with Crippen LogP contribution in [0.1, 0.15) is 109 Å². The first kappa shape index (κ1) is 37.2. The minimum absolute atomic E-state index is 0.0435. The van der Waals surface area contributed by atoms with Crippen molar-refractivity contribution in [3.8, 4) is 10.4 Å². The van der Waals surface area contributed by atoms with E-state index in [9.17, 15) is 24.3 Å². The van der Waals surface area contributed by atoms with Crippen LogP contribution < -0.4 is 10.6 Å². The van der Waals surface area contributed by atoms with Crippen LogP contribution in [0.4, 0.5) is 0 Å². The first-order chi connectivity index (χ1) is 21.9. The second-order valence-electron chi connectivity index (χ2n) is 13.5. The number of nitrogens with zero attached hydrogens (tertiary/aromatic N) is 2. The van der Waals surface area contributed by atoms with Gasteiger partial charge in [0.1, 0.15) is 12.1 Å². The van der Waals surface area contributed by atoms with Crippen molar-refractivity contribution in [2.45, 2.75) is 129 Å². The fraction of sp³-hybridized carbons (Fsp3) is 0.629. The molecule has 1 aliphatic heterocycles. The number of rotatable bonds is 18. The Labute approximate surface area is 277 Å². The van der Waals surface area contributed by atoms with Gasteiger partial charge >= 0.3 is 5.97 Å². The summed E-state index contributed by atoms with van der Waals surface area (Å²) in [5, 5.41) is 25.0. The number of carboxylic acid groups (broad SMARTS) is 1. The molecule has 3 atom stereocenters. The molecule has 3 amide bonds. The minimum Gasteiger partial charge on any atom is -0.481 e. The average Bonchev–Trinajstić information content (AvgIpc) is 3.61. The van der Waals surface area contributed by atoms with E-state index in [0.717, 1.165) is 79.5 Å². The Bertz CT molecular complexity index is 1290. The number of amides is 3. The topological polar surface area (TPSA) is 149 Å². The predicted octanol–water partition coefficient (Wildman–Crippen LogP) is 5.60. The molecule has 2 aromatic rings. The van der Waals surface area contributed by atoms with E-state index in [2.05, 4.69) is 15.6 Å². The highest BCUT2D eigenvalue weighted by Gasteiger charge is 2.44. The molecule has 0 aliphatic carbocycles. The number of aromatic nitrogens is 1. The number of hydrogen-bond donors (Lipinski definition) is 4. The molecule has 0 spiro atoms. The Morgan fingerprint density at radius 3 is 2.09 bits per heavy atom. The zero-order chi connectivity index (χ0) is 33.7. The molecule has 1 aromatic heterocycles. The highest BCUT2D eigenvalue weighted by Crippen LogP contribution is 2.28. The number of benzene rings is 1. The van der Waals surface area contributed by atoms with E-state index < -0.39 is 29.6 Å². The summed E-state index contributed by atoms with van der Waals surface area (Å²) in [4.78, 5) is 57.4. The van der Waals surface area contributed by atoms with Crippen molar-refractivity contribution in [3.63, 3.8) is 0 Å². The molecule has 0 radical (unpaired) electrons. The van der Waals surface area contributed by atoms with E-state index in [-0.39, 0.29) is 37.1 Å². The van der Waals surface area contributed by atoms with Crippen molar-refractivity contribution < 1.29 is 29.4 Å². The average molecular weight is 657 g/mol. The lowest BCUT2D eigenvalue weighted by Gasteiger charge is -2.35. The summed E-state index contributed by atoms with van der Waals surface area (Å²) in [5.41, 5.74) is 4.19. The third kappa shape index (κ3) is 11.8. The Morgan fingerprint density at radius 2 is 1.54 bits per heavy atom. The van der Waals surface area contributed by atoms with Crippen LogP contribution in [-0.4, -0.2) is 68.5 Å². The molecule has 11 heteroatoms. The number of hydrogen-bond acceptors (Lipinski definition) is 7. The molecule has 10 nitrogen and oxygen atoms in total. The van der Waals surface area contributed by atoms with Gasteiger partial charge in [0.05, 0.1) is 22.2 Å². The lowest BCUT2D eigenvalue weighted by Crippen LogP contribution is -2.57. The van der Waals surface area contributed by atoms with Gasteiger partial charge in [-0.3, -0.25) is 19.2 Å². The summed E-state index contributed by atoms with van der Waals surface area (Å²) >= 11 is 1.58. The maximum Gasteiger partial charge on any atom is 0.303 e. The summed E-state index contributed by atoms with van der Waals surface area (Å²) in [6, 6.07) is 6.28. The molecule has 0 saturated carbocycles. The van der Waals surface area contributed by atoms with E-state index >= 15 is 0 Å². The fourth-order valence-corrected chi connectivity index (χ4v) is 6.62. The predicted molar refractivity (Wildman–Crippen MR) is 180 cm³/mol. The highest BCUT2D eigenvalue weighted by molar-refractivity contribution is 7.13. The van der Waals surface area contributed by atoms with Crippen LogP contribution in [0.3, 0.4) is 0 Å². The molecule has 0 bridgehead atoms. The van der Waals surface area contributed by atoms with Gasteiger partial charge in [-0.2, -0.15) is 0 Å². The SMILES string of the molecule is Cc1ncsc1-c1ccc(CNC(=O)C2CC(O)CN2C(=O)C(NC(=O)CCCCCCCCCCCC(=O)O)C(C)(C)C)cc1. The lowest BCUT2D eigenvalue weighted by atomic mass is 9.85. The molecular weight excluding hydrogens is 604 g/mol.